The van der Waals surface area contributed by atoms with Crippen LogP contribution in [0, 0.1) is 0 Å². The Bertz CT molecular complexity index is 1020. The van der Waals surface area contributed by atoms with Crippen LogP contribution < -0.4 is 14.9 Å². The molecule has 0 radical (unpaired) electrons. The highest BCUT2D eigenvalue weighted by molar-refractivity contribution is 6.32. The summed E-state index contributed by atoms with van der Waals surface area (Å²) < 4.78 is 11.2. The van der Waals surface area contributed by atoms with Gasteiger partial charge in [-0.25, -0.2) is 10.4 Å². The van der Waals surface area contributed by atoms with Crippen molar-refractivity contribution in [2.75, 3.05) is 7.11 Å². The molecule has 148 valence electrons. The Labute approximate surface area is 178 Å². The molecule has 1 N–H and O–H groups in total. The van der Waals surface area contributed by atoms with Crippen LogP contribution in [-0.4, -0.2) is 24.2 Å². The number of nitrogens with zero attached hydrogens (tertiary/aromatic N) is 2. The number of hydrazone groups is 1. The van der Waals surface area contributed by atoms with Gasteiger partial charge in [-0.3, -0.25) is 4.79 Å². The topological polar surface area (TPSA) is 72.8 Å². The lowest BCUT2D eigenvalue weighted by Crippen LogP contribution is -2.18. The molecular formula is C21H17Cl2N3O3. The fraction of sp³-hybridized carbons (Fsp3) is 0.0952. The van der Waals surface area contributed by atoms with Crippen molar-refractivity contribution in [3.05, 3.63) is 87.7 Å². The molecule has 6 nitrogen and oxygen atoms in total. The van der Waals surface area contributed by atoms with Crippen molar-refractivity contribution >= 4 is 35.3 Å². The van der Waals surface area contributed by atoms with Crippen molar-refractivity contribution in [2.24, 2.45) is 5.10 Å². The molecule has 3 rings (SSSR count). The molecular weight excluding hydrogens is 413 g/mol. The van der Waals surface area contributed by atoms with Gasteiger partial charge in [0, 0.05) is 11.2 Å². The summed E-state index contributed by atoms with van der Waals surface area (Å²) in [5.74, 6) is 0.685. The number of nitrogens with one attached hydrogen (secondary N) is 1. The number of hydrogen-bond acceptors (Lipinski definition) is 5. The molecule has 0 aliphatic rings. The van der Waals surface area contributed by atoms with Crippen LogP contribution in [-0.2, 0) is 6.61 Å². The third-order valence-electron chi connectivity index (χ3n) is 3.88. The Morgan fingerprint density at radius 3 is 2.66 bits per heavy atom. The maximum atomic E-state index is 12.1. The van der Waals surface area contributed by atoms with Gasteiger partial charge in [0.1, 0.15) is 11.8 Å². The van der Waals surface area contributed by atoms with E-state index >= 15 is 0 Å². The van der Waals surface area contributed by atoms with Gasteiger partial charge in [-0.15, -0.1) is 0 Å². The van der Waals surface area contributed by atoms with Crippen molar-refractivity contribution < 1.29 is 14.3 Å². The number of amides is 1. The van der Waals surface area contributed by atoms with Crippen LogP contribution in [0.2, 0.25) is 10.2 Å². The summed E-state index contributed by atoms with van der Waals surface area (Å²) >= 11 is 11.8. The molecule has 8 heteroatoms. The molecule has 0 bridgehead atoms. The number of hydrogen-bond donors (Lipinski definition) is 1. The number of rotatable bonds is 7. The SMILES string of the molecule is COc1cc(C=NNC(=O)c2cccnc2Cl)ccc1OCc1ccc(Cl)cc1. The third-order valence-corrected chi connectivity index (χ3v) is 4.43. The van der Waals surface area contributed by atoms with Gasteiger partial charge in [0.2, 0.25) is 0 Å². The van der Waals surface area contributed by atoms with Crippen LogP contribution in [0.3, 0.4) is 0 Å². The second kappa shape index (κ2) is 9.91. The minimum absolute atomic E-state index is 0.115. The Balaban J connectivity index is 1.63. The van der Waals surface area contributed by atoms with Crippen LogP contribution in [0.15, 0.2) is 65.9 Å². The summed E-state index contributed by atoms with van der Waals surface area (Å²) in [7, 11) is 1.55. The zero-order chi connectivity index (χ0) is 20.6. The fourth-order valence-corrected chi connectivity index (χ4v) is 2.74. The highest BCUT2D eigenvalue weighted by atomic mass is 35.5. The third kappa shape index (κ3) is 5.70. The first-order valence-corrected chi connectivity index (χ1v) is 9.31. The van der Waals surface area contributed by atoms with E-state index in [0.29, 0.717) is 23.1 Å². The summed E-state index contributed by atoms with van der Waals surface area (Å²) in [6, 6.07) is 15.9. The van der Waals surface area contributed by atoms with Gasteiger partial charge in [0.05, 0.1) is 18.9 Å². The molecule has 0 fully saturated rings. The van der Waals surface area contributed by atoms with E-state index in [4.69, 9.17) is 32.7 Å². The Morgan fingerprint density at radius 2 is 1.93 bits per heavy atom. The van der Waals surface area contributed by atoms with Gasteiger partial charge >= 0.3 is 0 Å². The normalized spacial score (nSPS) is 10.7. The molecule has 0 aliphatic carbocycles. The van der Waals surface area contributed by atoms with Crippen molar-refractivity contribution in [3.63, 3.8) is 0 Å². The van der Waals surface area contributed by atoms with E-state index in [1.807, 2.05) is 24.3 Å². The summed E-state index contributed by atoms with van der Waals surface area (Å²) in [5, 5.41) is 4.73. The van der Waals surface area contributed by atoms with Crippen LogP contribution >= 0.6 is 23.2 Å². The molecule has 0 unspecified atom stereocenters. The van der Waals surface area contributed by atoms with Crippen molar-refractivity contribution in [3.8, 4) is 11.5 Å². The number of halogens is 2. The first-order valence-electron chi connectivity index (χ1n) is 8.56. The molecule has 0 aliphatic heterocycles. The van der Waals surface area contributed by atoms with Crippen LogP contribution in [0.25, 0.3) is 0 Å². The highest BCUT2D eigenvalue weighted by Crippen LogP contribution is 2.28. The minimum atomic E-state index is -0.450. The number of benzene rings is 2. The Hall–Kier alpha value is -3.09. The first kappa shape index (κ1) is 20.6. The largest absolute Gasteiger partial charge is 0.493 e. The Kier molecular flexibility index (Phi) is 7.05. The van der Waals surface area contributed by atoms with Gasteiger partial charge in [-0.1, -0.05) is 35.3 Å². The van der Waals surface area contributed by atoms with E-state index in [9.17, 15) is 4.79 Å². The van der Waals surface area contributed by atoms with Gasteiger partial charge in [0.25, 0.3) is 5.91 Å². The molecule has 0 spiro atoms. The average Bonchev–Trinajstić information content (AvgIpc) is 2.74. The average molecular weight is 430 g/mol. The Morgan fingerprint density at radius 1 is 1.14 bits per heavy atom. The van der Waals surface area contributed by atoms with Crippen molar-refractivity contribution in [1.29, 1.82) is 0 Å². The summed E-state index contributed by atoms with van der Waals surface area (Å²) in [6.07, 6.45) is 3.00. The molecule has 0 saturated heterocycles. The highest BCUT2D eigenvalue weighted by Gasteiger charge is 2.09. The number of aromatic nitrogens is 1. The standard InChI is InChI=1S/C21H17Cl2N3O3/c1-28-19-11-15(12-25-26-21(27)17-3-2-10-24-20(17)23)6-9-18(19)29-13-14-4-7-16(22)8-5-14/h2-12H,13H2,1H3,(H,26,27). The lowest BCUT2D eigenvalue weighted by molar-refractivity contribution is 0.0955. The lowest BCUT2D eigenvalue weighted by atomic mass is 10.2. The van der Waals surface area contributed by atoms with Crippen LogP contribution in [0.4, 0.5) is 0 Å². The molecule has 1 heterocycles. The van der Waals surface area contributed by atoms with Crippen LogP contribution in [0.1, 0.15) is 21.5 Å². The maximum Gasteiger partial charge on any atom is 0.274 e. The first-order chi connectivity index (χ1) is 14.1. The maximum absolute atomic E-state index is 12.1. The van der Waals surface area contributed by atoms with Gasteiger partial charge < -0.3 is 9.47 Å². The predicted molar refractivity (Wildman–Crippen MR) is 113 cm³/mol. The van der Waals surface area contributed by atoms with E-state index in [1.165, 1.54) is 12.4 Å². The zero-order valence-electron chi connectivity index (χ0n) is 15.4. The van der Waals surface area contributed by atoms with E-state index in [1.54, 1.807) is 37.4 Å². The van der Waals surface area contributed by atoms with Gasteiger partial charge in [-0.05, 0) is 53.6 Å². The second-order valence-corrected chi connectivity index (χ2v) is 6.66. The lowest BCUT2D eigenvalue weighted by Gasteiger charge is -2.11. The van der Waals surface area contributed by atoms with Gasteiger partial charge in [0.15, 0.2) is 11.5 Å². The van der Waals surface area contributed by atoms with Crippen LogP contribution in [0.5, 0.6) is 11.5 Å². The molecule has 0 saturated carbocycles. The van der Waals surface area contributed by atoms with Crippen molar-refractivity contribution in [2.45, 2.75) is 6.61 Å². The number of pyridine rings is 1. The fourth-order valence-electron chi connectivity index (χ4n) is 2.41. The molecule has 3 aromatic rings. The molecule has 1 amide bonds. The number of ether oxygens (including phenoxy) is 2. The second-order valence-electron chi connectivity index (χ2n) is 5.87. The zero-order valence-corrected chi connectivity index (χ0v) is 16.9. The summed E-state index contributed by atoms with van der Waals surface area (Å²) in [5.41, 5.74) is 4.37. The van der Waals surface area contributed by atoms with E-state index in [0.717, 1.165) is 11.1 Å². The smallest absolute Gasteiger partial charge is 0.274 e. The molecule has 2 aromatic carbocycles. The number of carbonyl (C=O) groups excluding carboxylic acids is 1. The predicted octanol–water partition coefficient (Wildman–Crippen LogP) is 4.74. The number of methoxy groups -OCH3 is 1. The quantitative estimate of drug-likeness (QED) is 0.334. The molecule has 0 atom stereocenters. The summed E-state index contributed by atoms with van der Waals surface area (Å²) in [4.78, 5) is 15.9. The van der Waals surface area contributed by atoms with E-state index in [-0.39, 0.29) is 10.7 Å². The van der Waals surface area contributed by atoms with E-state index in [2.05, 4.69) is 15.5 Å². The van der Waals surface area contributed by atoms with Gasteiger partial charge in [-0.2, -0.15) is 5.10 Å². The number of carbonyl (C=O) groups is 1. The minimum Gasteiger partial charge on any atom is -0.493 e. The monoisotopic (exact) mass is 429 g/mol. The summed E-state index contributed by atoms with van der Waals surface area (Å²) in [6.45, 7) is 0.378. The van der Waals surface area contributed by atoms with E-state index < -0.39 is 5.91 Å². The van der Waals surface area contributed by atoms with Crippen molar-refractivity contribution in [1.82, 2.24) is 10.4 Å². The molecule has 1 aromatic heterocycles. The molecule has 29 heavy (non-hydrogen) atoms.